The molecule has 2 N–H and O–H groups in total. The molecule has 1 unspecified atom stereocenters. The van der Waals surface area contributed by atoms with Crippen molar-refractivity contribution in [3.63, 3.8) is 0 Å². The fraction of sp³-hybridized carbons (Fsp3) is 0.818. The molecule has 20 heavy (non-hydrogen) atoms. The van der Waals surface area contributed by atoms with E-state index in [1.807, 2.05) is 6.92 Å². The number of nitrogens with zero attached hydrogens (tertiary/aromatic N) is 1. The summed E-state index contributed by atoms with van der Waals surface area (Å²) in [6, 6.07) is -1.27. The van der Waals surface area contributed by atoms with Crippen molar-refractivity contribution < 1.29 is 27.9 Å². The third kappa shape index (κ3) is 5.33. The second kappa shape index (κ2) is 7.44. The van der Waals surface area contributed by atoms with Gasteiger partial charge in [0.15, 0.2) is 9.84 Å². The summed E-state index contributed by atoms with van der Waals surface area (Å²) in [4.78, 5) is 24.0. The molecule has 0 aliphatic carbocycles. The zero-order chi connectivity index (χ0) is 15.2. The summed E-state index contributed by atoms with van der Waals surface area (Å²) in [7, 11) is -3.28. The Balaban J connectivity index is 2.60. The number of rotatable bonds is 6. The normalized spacial score (nSPS) is 21.4. The van der Waals surface area contributed by atoms with Gasteiger partial charge in [0.1, 0.15) is 0 Å². The fourth-order valence-corrected chi connectivity index (χ4v) is 3.53. The lowest BCUT2D eigenvalue weighted by Crippen LogP contribution is -2.55. The first kappa shape index (κ1) is 16.7. The number of carbonyl (C=O) groups is 2. The molecule has 0 aromatic heterocycles. The Kier molecular flexibility index (Phi) is 6.21. The number of sulfone groups is 1. The smallest absolute Gasteiger partial charge is 0.317 e. The summed E-state index contributed by atoms with van der Waals surface area (Å²) < 4.78 is 28.1. The van der Waals surface area contributed by atoms with Gasteiger partial charge in [-0.1, -0.05) is 0 Å². The third-order valence-electron chi connectivity index (χ3n) is 2.93. The van der Waals surface area contributed by atoms with Gasteiger partial charge in [0.2, 0.25) is 0 Å². The molecule has 9 heteroatoms. The number of hydrogen-bond donors (Lipinski definition) is 2. The molecular weight excluding hydrogens is 288 g/mol. The predicted octanol–water partition coefficient (Wildman–Crippen LogP) is -0.694. The number of hydrogen-bond acceptors (Lipinski definition) is 5. The van der Waals surface area contributed by atoms with E-state index < -0.39 is 27.9 Å². The summed E-state index contributed by atoms with van der Waals surface area (Å²) in [6.45, 7) is 3.05. The standard InChI is InChI=1S/C11H20N2O6S/c1-2-19-5-3-12-11(16)13-4-6-20(17,18)8-9(13)7-10(14)15/h9H,2-8H2,1H3,(H,12,16)(H,14,15). The number of ether oxygens (including phenoxy) is 1. The second-order valence-electron chi connectivity index (χ2n) is 4.49. The highest BCUT2D eigenvalue weighted by Crippen LogP contribution is 2.15. The summed E-state index contributed by atoms with van der Waals surface area (Å²) in [5, 5.41) is 11.4. The first-order valence-electron chi connectivity index (χ1n) is 6.40. The van der Waals surface area contributed by atoms with Crippen LogP contribution >= 0.6 is 0 Å². The van der Waals surface area contributed by atoms with Crippen LogP contribution in [0.2, 0.25) is 0 Å². The molecule has 1 atom stereocenters. The van der Waals surface area contributed by atoms with Crippen LogP contribution in [0.5, 0.6) is 0 Å². The Morgan fingerprint density at radius 1 is 1.45 bits per heavy atom. The molecule has 1 fully saturated rings. The molecule has 0 spiro atoms. The van der Waals surface area contributed by atoms with Crippen LogP contribution in [0.3, 0.4) is 0 Å². The van der Waals surface area contributed by atoms with Gasteiger partial charge in [0.05, 0.1) is 30.6 Å². The van der Waals surface area contributed by atoms with Crippen LogP contribution < -0.4 is 5.32 Å². The minimum absolute atomic E-state index is 0.0146. The number of carboxylic acid groups (broad SMARTS) is 1. The van der Waals surface area contributed by atoms with Gasteiger partial charge in [0.25, 0.3) is 0 Å². The van der Waals surface area contributed by atoms with E-state index in [-0.39, 0.29) is 24.5 Å². The monoisotopic (exact) mass is 308 g/mol. The lowest BCUT2D eigenvalue weighted by Gasteiger charge is -2.34. The van der Waals surface area contributed by atoms with Gasteiger partial charge in [-0.3, -0.25) is 4.79 Å². The Bertz CT molecular complexity index is 450. The van der Waals surface area contributed by atoms with Crippen molar-refractivity contribution in [3.05, 3.63) is 0 Å². The molecule has 1 saturated heterocycles. The average Bonchev–Trinajstić information content (AvgIpc) is 2.32. The van der Waals surface area contributed by atoms with Gasteiger partial charge < -0.3 is 20.1 Å². The van der Waals surface area contributed by atoms with Gasteiger partial charge in [0, 0.05) is 19.7 Å². The van der Waals surface area contributed by atoms with Gasteiger partial charge in [-0.05, 0) is 6.92 Å². The maximum atomic E-state index is 11.9. The number of urea groups is 1. The van der Waals surface area contributed by atoms with Crippen molar-refractivity contribution in [1.82, 2.24) is 10.2 Å². The van der Waals surface area contributed by atoms with Crippen molar-refractivity contribution in [2.24, 2.45) is 0 Å². The number of aliphatic carboxylic acids is 1. The van der Waals surface area contributed by atoms with Crippen LogP contribution in [0, 0.1) is 0 Å². The zero-order valence-electron chi connectivity index (χ0n) is 11.4. The molecule has 2 amide bonds. The molecule has 0 bridgehead atoms. The molecule has 0 saturated carbocycles. The summed E-state index contributed by atoms with van der Waals surface area (Å²) in [6.07, 6.45) is -0.377. The van der Waals surface area contributed by atoms with E-state index in [0.29, 0.717) is 19.8 Å². The van der Waals surface area contributed by atoms with E-state index in [1.165, 1.54) is 4.90 Å². The highest BCUT2D eigenvalue weighted by atomic mass is 32.2. The number of nitrogens with one attached hydrogen (secondary N) is 1. The van der Waals surface area contributed by atoms with Crippen LogP contribution in [0.4, 0.5) is 4.79 Å². The predicted molar refractivity (Wildman–Crippen MR) is 71.3 cm³/mol. The summed E-state index contributed by atoms with van der Waals surface area (Å²) >= 11 is 0. The van der Waals surface area contributed by atoms with E-state index in [9.17, 15) is 18.0 Å². The maximum absolute atomic E-state index is 11.9. The summed E-state index contributed by atoms with van der Waals surface area (Å²) in [5.74, 6) is -1.57. The topological polar surface area (TPSA) is 113 Å². The molecule has 1 aliphatic rings. The van der Waals surface area contributed by atoms with Gasteiger partial charge >= 0.3 is 12.0 Å². The van der Waals surface area contributed by atoms with Crippen molar-refractivity contribution >= 4 is 21.8 Å². The number of carboxylic acids is 1. The molecule has 0 aromatic rings. The lowest BCUT2D eigenvalue weighted by molar-refractivity contribution is -0.138. The van der Waals surface area contributed by atoms with Gasteiger partial charge in [-0.15, -0.1) is 0 Å². The maximum Gasteiger partial charge on any atom is 0.317 e. The number of carbonyl (C=O) groups excluding carboxylic acids is 1. The minimum atomic E-state index is -3.28. The third-order valence-corrected chi connectivity index (χ3v) is 4.63. The summed E-state index contributed by atoms with van der Waals surface area (Å²) in [5.41, 5.74) is 0. The van der Waals surface area contributed by atoms with Crippen LogP contribution in [0.1, 0.15) is 13.3 Å². The first-order valence-corrected chi connectivity index (χ1v) is 8.22. The Morgan fingerprint density at radius 2 is 2.15 bits per heavy atom. The van der Waals surface area contributed by atoms with Crippen molar-refractivity contribution in [2.75, 3.05) is 37.8 Å². The first-order chi connectivity index (χ1) is 9.35. The van der Waals surface area contributed by atoms with Gasteiger partial charge in [-0.2, -0.15) is 0 Å². The van der Waals surface area contributed by atoms with E-state index in [1.54, 1.807) is 0 Å². The van der Waals surface area contributed by atoms with Crippen LogP contribution in [0.25, 0.3) is 0 Å². The van der Waals surface area contributed by atoms with Crippen molar-refractivity contribution in [3.8, 4) is 0 Å². The molecule has 0 aromatic carbocycles. The van der Waals surface area contributed by atoms with E-state index in [2.05, 4.69) is 5.32 Å². The second-order valence-corrected chi connectivity index (χ2v) is 6.72. The minimum Gasteiger partial charge on any atom is -0.481 e. The van der Waals surface area contributed by atoms with Crippen LogP contribution in [-0.2, 0) is 19.4 Å². The van der Waals surface area contributed by atoms with Gasteiger partial charge in [-0.25, -0.2) is 13.2 Å². The average molecular weight is 308 g/mol. The van der Waals surface area contributed by atoms with Crippen molar-refractivity contribution in [2.45, 2.75) is 19.4 Å². The largest absolute Gasteiger partial charge is 0.481 e. The fourth-order valence-electron chi connectivity index (χ4n) is 2.00. The molecule has 1 heterocycles. The molecular formula is C11H20N2O6S. The zero-order valence-corrected chi connectivity index (χ0v) is 12.2. The Hall–Kier alpha value is -1.35. The van der Waals surface area contributed by atoms with Crippen LogP contribution in [0.15, 0.2) is 0 Å². The van der Waals surface area contributed by atoms with E-state index >= 15 is 0 Å². The SMILES string of the molecule is CCOCCNC(=O)N1CCS(=O)(=O)CC1CC(=O)O. The Morgan fingerprint density at radius 3 is 2.75 bits per heavy atom. The molecule has 1 aliphatic heterocycles. The molecule has 116 valence electrons. The highest BCUT2D eigenvalue weighted by Gasteiger charge is 2.35. The molecule has 0 radical (unpaired) electrons. The van der Waals surface area contributed by atoms with E-state index in [0.717, 1.165) is 0 Å². The Labute approximate surface area is 118 Å². The lowest BCUT2D eigenvalue weighted by atomic mass is 10.2. The quantitative estimate of drug-likeness (QED) is 0.628. The van der Waals surface area contributed by atoms with E-state index in [4.69, 9.17) is 9.84 Å². The highest BCUT2D eigenvalue weighted by molar-refractivity contribution is 7.91. The van der Waals surface area contributed by atoms with Crippen LogP contribution in [-0.4, -0.2) is 74.3 Å². The molecule has 1 rings (SSSR count). The number of amides is 2. The van der Waals surface area contributed by atoms with Crippen molar-refractivity contribution in [1.29, 1.82) is 0 Å². The molecule has 8 nitrogen and oxygen atoms in total.